The smallest absolute Gasteiger partial charge is 0.489 e. The average molecular weight is 521 g/mol. The van der Waals surface area contributed by atoms with Crippen molar-refractivity contribution in [2.24, 2.45) is 5.92 Å². The van der Waals surface area contributed by atoms with E-state index in [4.69, 9.17) is 18.8 Å². The maximum absolute atomic E-state index is 12.5. The summed E-state index contributed by atoms with van der Waals surface area (Å²) < 4.78 is 24.6. The van der Waals surface area contributed by atoms with E-state index >= 15 is 0 Å². The number of rotatable bonds is 9. The van der Waals surface area contributed by atoms with E-state index in [2.05, 4.69) is 45.9 Å². The molecule has 2 aromatic carbocycles. The van der Waals surface area contributed by atoms with E-state index in [-0.39, 0.29) is 12.4 Å². The van der Waals surface area contributed by atoms with Gasteiger partial charge >= 0.3 is 13.1 Å². The van der Waals surface area contributed by atoms with Gasteiger partial charge in [0, 0.05) is 5.56 Å². The first-order valence-corrected chi connectivity index (χ1v) is 14.2. The molecule has 5 nitrogen and oxygen atoms in total. The number of hydrogen-bond acceptors (Lipinski definition) is 5. The molecule has 0 amide bonds. The van der Waals surface area contributed by atoms with Gasteiger partial charge in [0.15, 0.2) is 0 Å². The number of carbonyl (C=O) groups is 1. The zero-order valence-electron chi connectivity index (χ0n) is 24.4. The van der Waals surface area contributed by atoms with E-state index in [0.29, 0.717) is 12.4 Å². The Morgan fingerprint density at radius 3 is 2.26 bits per heavy atom. The van der Waals surface area contributed by atoms with Crippen LogP contribution in [0.3, 0.4) is 0 Å². The third-order valence-corrected chi connectivity index (χ3v) is 8.04. The van der Waals surface area contributed by atoms with Gasteiger partial charge in [-0.3, -0.25) is 4.79 Å². The minimum Gasteiger partial charge on any atom is -0.489 e. The summed E-state index contributed by atoms with van der Waals surface area (Å²) in [7, 11) is -0.412. The highest BCUT2D eigenvalue weighted by Crippen LogP contribution is 2.37. The van der Waals surface area contributed by atoms with Crippen molar-refractivity contribution in [3.63, 3.8) is 0 Å². The molecule has 1 saturated carbocycles. The standard InChI is InChI=1S/C32H45BO5/c1-30(2,3)36-29(34)21-26-14-10-11-15-28(26)35-22-25-18-24(17-16-23-12-8-9-13-23)19-27(20-25)33-37-31(4,5)32(6,7)38-33/h10-11,14-15,18-20,23H,8-9,12-13,16-17,21-22H2,1-7H3. The highest BCUT2D eigenvalue weighted by Gasteiger charge is 2.51. The summed E-state index contributed by atoms with van der Waals surface area (Å²) in [5.74, 6) is 1.27. The van der Waals surface area contributed by atoms with Crippen LogP contribution in [0.25, 0.3) is 0 Å². The van der Waals surface area contributed by atoms with E-state index < -0.39 is 23.9 Å². The van der Waals surface area contributed by atoms with Crippen LogP contribution < -0.4 is 10.2 Å². The van der Waals surface area contributed by atoms with Crippen LogP contribution in [0, 0.1) is 5.92 Å². The quantitative estimate of drug-likeness (QED) is 0.277. The Morgan fingerprint density at radius 1 is 0.974 bits per heavy atom. The van der Waals surface area contributed by atoms with Crippen molar-refractivity contribution in [2.75, 3.05) is 0 Å². The summed E-state index contributed by atoms with van der Waals surface area (Å²) >= 11 is 0. The molecule has 0 atom stereocenters. The van der Waals surface area contributed by atoms with E-state index in [0.717, 1.165) is 28.9 Å². The Labute approximate surface area is 229 Å². The van der Waals surface area contributed by atoms with Gasteiger partial charge in [-0.1, -0.05) is 62.1 Å². The first-order valence-electron chi connectivity index (χ1n) is 14.2. The van der Waals surface area contributed by atoms with Crippen LogP contribution in [0.15, 0.2) is 42.5 Å². The first-order chi connectivity index (χ1) is 17.8. The molecule has 1 aliphatic heterocycles. The largest absolute Gasteiger partial charge is 0.494 e. The average Bonchev–Trinajstić information content (AvgIpc) is 3.41. The molecule has 4 rings (SSSR count). The van der Waals surface area contributed by atoms with E-state index in [1.54, 1.807) is 0 Å². The molecule has 1 heterocycles. The fourth-order valence-electron chi connectivity index (χ4n) is 5.29. The van der Waals surface area contributed by atoms with Crippen LogP contribution in [-0.2, 0) is 38.3 Å². The number of carbonyl (C=O) groups excluding carboxylic acids is 1. The molecule has 0 bridgehead atoms. The van der Waals surface area contributed by atoms with Gasteiger partial charge < -0.3 is 18.8 Å². The van der Waals surface area contributed by atoms with Crippen LogP contribution in [-0.4, -0.2) is 29.9 Å². The molecule has 206 valence electrons. The Kier molecular flexibility index (Phi) is 8.63. The molecule has 0 N–H and O–H groups in total. The van der Waals surface area contributed by atoms with Gasteiger partial charge in [-0.15, -0.1) is 0 Å². The van der Waals surface area contributed by atoms with Gasteiger partial charge in [0.1, 0.15) is 18.0 Å². The first kappa shape index (κ1) is 28.7. The Morgan fingerprint density at radius 2 is 1.61 bits per heavy atom. The molecule has 6 heteroatoms. The highest BCUT2D eigenvalue weighted by molar-refractivity contribution is 6.62. The molecule has 0 spiro atoms. The lowest BCUT2D eigenvalue weighted by molar-refractivity contribution is -0.153. The van der Waals surface area contributed by atoms with E-state index in [1.165, 1.54) is 37.7 Å². The number of hydrogen-bond donors (Lipinski definition) is 0. The summed E-state index contributed by atoms with van der Waals surface area (Å²) in [5, 5.41) is 0. The van der Waals surface area contributed by atoms with Gasteiger partial charge in [0.2, 0.25) is 0 Å². The second-order valence-electron chi connectivity index (χ2n) is 13.0. The molecular formula is C32H45BO5. The molecule has 1 aliphatic carbocycles. The lowest BCUT2D eigenvalue weighted by atomic mass is 9.77. The zero-order chi connectivity index (χ0) is 27.6. The lowest BCUT2D eigenvalue weighted by Crippen LogP contribution is -2.41. The van der Waals surface area contributed by atoms with Crippen molar-refractivity contribution >= 4 is 18.6 Å². The number of ether oxygens (including phenoxy) is 2. The molecule has 38 heavy (non-hydrogen) atoms. The third kappa shape index (κ3) is 7.42. The Bertz CT molecular complexity index is 1100. The second kappa shape index (κ2) is 11.4. The SMILES string of the molecule is CC(C)(C)OC(=O)Cc1ccccc1OCc1cc(CCC2CCCC2)cc(B2OC(C)(C)C(C)(C)O2)c1. The molecule has 0 aromatic heterocycles. The molecule has 2 fully saturated rings. The van der Waals surface area contributed by atoms with Gasteiger partial charge in [0.25, 0.3) is 0 Å². The summed E-state index contributed by atoms with van der Waals surface area (Å²) in [6.07, 6.45) is 7.85. The van der Waals surface area contributed by atoms with Crippen molar-refractivity contribution in [3.05, 3.63) is 59.2 Å². The number of para-hydroxylation sites is 1. The highest BCUT2D eigenvalue weighted by atomic mass is 16.7. The van der Waals surface area contributed by atoms with Crippen LogP contribution in [0.2, 0.25) is 0 Å². The maximum atomic E-state index is 12.5. The molecule has 2 aromatic rings. The zero-order valence-corrected chi connectivity index (χ0v) is 24.4. The van der Waals surface area contributed by atoms with E-state index in [9.17, 15) is 4.79 Å². The number of aryl methyl sites for hydroxylation is 1. The van der Waals surface area contributed by atoms with Crippen LogP contribution in [0.4, 0.5) is 0 Å². The van der Waals surface area contributed by atoms with Gasteiger partial charge in [-0.25, -0.2) is 0 Å². The number of esters is 1. The third-order valence-electron chi connectivity index (χ3n) is 8.04. The molecule has 1 saturated heterocycles. The van der Waals surface area contributed by atoms with Crippen molar-refractivity contribution in [1.29, 1.82) is 0 Å². The van der Waals surface area contributed by atoms with E-state index in [1.807, 2.05) is 45.0 Å². The van der Waals surface area contributed by atoms with Crippen LogP contribution in [0.1, 0.15) is 97.3 Å². The maximum Gasteiger partial charge on any atom is 0.494 e. The summed E-state index contributed by atoms with van der Waals surface area (Å²) in [4.78, 5) is 12.5. The Hall–Kier alpha value is -2.31. The minimum atomic E-state index is -0.518. The van der Waals surface area contributed by atoms with Crippen LogP contribution in [0.5, 0.6) is 5.75 Å². The predicted octanol–water partition coefficient (Wildman–Crippen LogP) is 6.57. The van der Waals surface area contributed by atoms with Crippen molar-refractivity contribution in [3.8, 4) is 5.75 Å². The molecular weight excluding hydrogens is 475 g/mol. The topological polar surface area (TPSA) is 54.0 Å². The minimum absolute atomic E-state index is 0.175. The van der Waals surface area contributed by atoms with Gasteiger partial charge in [-0.2, -0.15) is 0 Å². The molecule has 2 aliphatic rings. The summed E-state index contributed by atoms with van der Waals surface area (Å²) in [5.41, 5.74) is 2.92. The summed E-state index contributed by atoms with van der Waals surface area (Å²) in [6.45, 7) is 14.4. The molecule has 0 unspecified atom stereocenters. The normalized spacial score (nSPS) is 19.1. The van der Waals surface area contributed by atoms with Crippen LogP contribution >= 0.6 is 0 Å². The van der Waals surface area contributed by atoms with Gasteiger partial charge in [0.05, 0.1) is 17.6 Å². The number of benzene rings is 2. The van der Waals surface area contributed by atoms with Crippen molar-refractivity contribution < 1.29 is 23.6 Å². The second-order valence-corrected chi connectivity index (χ2v) is 13.0. The Balaban J connectivity index is 1.52. The summed E-state index contributed by atoms with van der Waals surface area (Å²) in [6, 6.07) is 14.3. The predicted molar refractivity (Wildman–Crippen MR) is 153 cm³/mol. The fraction of sp³-hybridized carbons (Fsp3) is 0.594. The van der Waals surface area contributed by atoms with Gasteiger partial charge in [-0.05, 0) is 89.9 Å². The molecule has 0 radical (unpaired) electrons. The van der Waals surface area contributed by atoms with Crippen molar-refractivity contribution in [2.45, 2.75) is 117 Å². The lowest BCUT2D eigenvalue weighted by Gasteiger charge is -2.32. The van der Waals surface area contributed by atoms with Crippen molar-refractivity contribution in [1.82, 2.24) is 0 Å². The fourth-order valence-corrected chi connectivity index (χ4v) is 5.29. The monoisotopic (exact) mass is 520 g/mol.